The van der Waals surface area contributed by atoms with Gasteiger partial charge in [-0.25, -0.2) is 15.0 Å². The highest BCUT2D eigenvalue weighted by atomic mass is 35.5. The van der Waals surface area contributed by atoms with Crippen LogP contribution >= 0.6 is 11.6 Å². The first-order valence-electron chi connectivity index (χ1n) is 9.14. The molecule has 4 aromatic rings. The predicted molar refractivity (Wildman–Crippen MR) is 115 cm³/mol. The van der Waals surface area contributed by atoms with Crippen LogP contribution in [0.2, 0.25) is 0 Å². The van der Waals surface area contributed by atoms with E-state index in [2.05, 4.69) is 25.8 Å². The molecule has 0 amide bonds. The molecule has 0 aliphatic rings. The number of rotatable bonds is 3. The van der Waals surface area contributed by atoms with Crippen LogP contribution in [-0.4, -0.2) is 19.5 Å². The molecule has 0 aliphatic carbocycles. The van der Waals surface area contributed by atoms with Crippen molar-refractivity contribution in [2.75, 3.05) is 5.73 Å². The van der Waals surface area contributed by atoms with Crippen molar-refractivity contribution >= 4 is 28.6 Å². The number of hydrogen-bond donors (Lipinski definition) is 1. The molecule has 4 rings (SSSR count). The van der Waals surface area contributed by atoms with Crippen molar-refractivity contribution in [2.24, 2.45) is 0 Å². The van der Waals surface area contributed by atoms with Gasteiger partial charge in [0.1, 0.15) is 11.3 Å². The summed E-state index contributed by atoms with van der Waals surface area (Å²) < 4.78 is 2.04. The van der Waals surface area contributed by atoms with Crippen LogP contribution in [0.5, 0.6) is 0 Å². The normalized spacial score (nSPS) is 11.9. The van der Waals surface area contributed by atoms with Gasteiger partial charge in [0.2, 0.25) is 0 Å². The molecule has 142 valence electrons. The van der Waals surface area contributed by atoms with E-state index in [1.807, 2.05) is 53.1 Å². The Morgan fingerprint density at radius 1 is 1.00 bits per heavy atom. The van der Waals surface area contributed by atoms with E-state index < -0.39 is 0 Å². The maximum atomic E-state index is 6.16. The first-order chi connectivity index (χ1) is 13.4. The van der Waals surface area contributed by atoms with Gasteiger partial charge >= 0.3 is 0 Å². The Labute approximate surface area is 169 Å². The molecule has 0 spiro atoms. The van der Waals surface area contributed by atoms with E-state index in [1.54, 1.807) is 6.20 Å². The van der Waals surface area contributed by atoms with E-state index in [-0.39, 0.29) is 5.41 Å². The molecular weight excluding hydrogens is 370 g/mol. The molecule has 0 atom stereocenters. The highest BCUT2D eigenvalue weighted by Gasteiger charge is 2.21. The molecule has 0 unspecified atom stereocenters. The molecule has 0 fully saturated rings. The van der Waals surface area contributed by atoms with Crippen molar-refractivity contribution in [3.63, 3.8) is 0 Å². The van der Waals surface area contributed by atoms with E-state index in [0.29, 0.717) is 11.7 Å². The number of aromatic nitrogens is 4. The molecule has 1 aromatic carbocycles. The Bertz CT molecular complexity index is 1140. The lowest BCUT2D eigenvalue weighted by molar-refractivity contribution is 0.571. The van der Waals surface area contributed by atoms with E-state index in [9.17, 15) is 0 Å². The largest absolute Gasteiger partial charge is 0.383 e. The number of halogens is 1. The summed E-state index contributed by atoms with van der Waals surface area (Å²) in [5, 5.41) is 0. The number of imidazole rings is 1. The molecule has 0 bridgehead atoms. The number of anilines is 1. The summed E-state index contributed by atoms with van der Waals surface area (Å²) in [5.74, 6) is 1.63. The molecule has 3 aromatic heterocycles. The van der Waals surface area contributed by atoms with Gasteiger partial charge in [0.25, 0.3) is 0 Å². The monoisotopic (exact) mass is 391 g/mol. The van der Waals surface area contributed by atoms with Crippen molar-refractivity contribution in [1.82, 2.24) is 19.5 Å². The summed E-state index contributed by atoms with van der Waals surface area (Å²) in [5.41, 5.74) is 11.5. The smallest absolute Gasteiger partial charge is 0.165 e. The molecule has 0 saturated carbocycles. The van der Waals surface area contributed by atoms with Gasteiger partial charge in [-0.1, -0.05) is 32.9 Å². The minimum atomic E-state index is -0.0702. The number of nitrogens with two attached hydrogens (primary N) is 1. The Balaban J connectivity index is 2.04. The molecule has 0 aliphatic heterocycles. The van der Waals surface area contributed by atoms with E-state index in [0.717, 1.165) is 39.5 Å². The van der Waals surface area contributed by atoms with Gasteiger partial charge in [0.05, 0.1) is 5.56 Å². The van der Waals surface area contributed by atoms with Crippen molar-refractivity contribution < 1.29 is 0 Å². The number of fused-ring (bicyclic) bond motifs is 1. The van der Waals surface area contributed by atoms with Crippen LogP contribution in [0.1, 0.15) is 32.0 Å². The lowest BCUT2D eigenvalue weighted by Crippen LogP contribution is -2.13. The average molecular weight is 392 g/mol. The number of nitrogens with zero attached hydrogens (tertiary/aromatic N) is 4. The minimum absolute atomic E-state index is 0.0702. The lowest BCUT2D eigenvalue weighted by atomic mass is 9.92. The van der Waals surface area contributed by atoms with Crippen LogP contribution in [0.15, 0.2) is 54.7 Å². The summed E-state index contributed by atoms with van der Waals surface area (Å²) in [7, 11) is 0. The SMILES string of the molecule is CC(C)(C)c1ccc2nc(-c3cccnc3N)n(-c3ccc(CCl)cc3)c2n1. The Morgan fingerprint density at radius 2 is 1.75 bits per heavy atom. The van der Waals surface area contributed by atoms with Gasteiger partial charge < -0.3 is 5.73 Å². The molecule has 2 N–H and O–H groups in total. The van der Waals surface area contributed by atoms with Crippen molar-refractivity contribution in [3.8, 4) is 17.1 Å². The standard InChI is InChI=1S/C22H22ClN5/c1-22(2,3)18-11-10-17-21(27-18)28(15-8-6-14(13-23)7-9-15)20(26-17)16-5-4-12-25-19(16)24/h4-12H,13H2,1-3H3,(H2,24,25). The van der Waals surface area contributed by atoms with Gasteiger partial charge in [-0.2, -0.15) is 0 Å². The van der Waals surface area contributed by atoms with Crippen molar-refractivity contribution in [3.05, 3.63) is 66.0 Å². The molecule has 6 heteroatoms. The highest BCUT2D eigenvalue weighted by Crippen LogP contribution is 2.32. The van der Waals surface area contributed by atoms with Crippen LogP contribution in [0.25, 0.3) is 28.2 Å². The quantitative estimate of drug-likeness (QED) is 0.493. The van der Waals surface area contributed by atoms with Crippen LogP contribution in [-0.2, 0) is 11.3 Å². The summed E-state index contributed by atoms with van der Waals surface area (Å²) in [6, 6.07) is 15.9. The highest BCUT2D eigenvalue weighted by molar-refractivity contribution is 6.17. The van der Waals surface area contributed by atoms with Gasteiger partial charge in [-0.05, 0) is 42.0 Å². The third-order valence-corrected chi connectivity index (χ3v) is 5.01. The second-order valence-corrected chi connectivity index (χ2v) is 8.06. The number of benzene rings is 1. The van der Waals surface area contributed by atoms with Crippen LogP contribution in [0.4, 0.5) is 5.82 Å². The fourth-order valence-electron chi connectivity index (χ4n) is 3.14. The molecule has 0 radical (unpaired) electrons. The van der Waals surface area contributed by atoms with Crippen molar-refractivity contribution in [1.29, 1.82) is 0 Å². The lowest BCUT2D eigenvalue weighted by Gasteiger charge is -2.18. The summed E-state index contributed by atoms with van der Waals surface area (Å²) in [6.45, 7) is 6.45. The van der Waals surface area contributed by atoms with E-state index in [1.165, 1.54) is 0 Å². The molecule has 28 heavy (non-hydrogen) atoms. The summed E-state index contributed by atoms with van der Waals surface area (Å²) in [4.78, 5) is 14.0. The predicted octanol–water partition coefficient (Wildman–Crippen LogP) is 5.10. The van der Waals surface area contributed by atoms with Crippen LogP contribution in [0.3, 0.4) is 0 Å². The summed E-state index contributed by atoms with van der Waals surface area (Å²) in [6.07, 6.45) is 1.68. The fourth-order valence-corrected chi connectivity index (χ4v) is 3.32. The second-order valence-electron chi connectivity index (χ2n) is 7.80. The first-order valence-corrected chi connectivity index (χ1v) is 9.68. The van der Waals surface area contributed by atoms with Crippen molar-refractivity contribution in [2.45, 2.75) is 32.1 Å². The van der Waals surface area contributed by atoms with E-state index >= 15 is 0 Å². The number of pyridine rings is 2. The third-order valence-electron chi connectivity index (χ3n) is 4.70. The maximum absolute atomic E-state index is 6.16. The average Bonchev–Trinajstić information content (AvgIpc) is 3.06. The Morgan fingerprint density at radius 3 is 2.39 bits per heavy atom. The number of alkyl halides is 1. The van der Waals surface area contributed by atoms with E-state index in [4.69, 9.17) is 27.3 Å². The van der Waals surface area contributed by atoms with Gasteiger partial charge in [0.15, 0.2) is 11.5 Å². The zero-order valence-corrected chi connectivity index (χ0v) is 16.9. The topological polar surface area (TPSA) is 69.6 Å². The molecule has 3 heterocycles. The zero-order chi connectivity index (χ0) is 19.9. The Hall–Kier alpha value is -2.92. The Kier molecular flexibility index (Phi) is 4.55. The summed E-state index contributed by atoms with van der Waals surface area (Å²) >= 11 is 5.96. The van der Waals surface area contributed by atoms with Crippen LogP contribution in [0, 0.1) is 0 Å². The number of nitrogen functional groups attached to an aromatic ring is 1. The first kappa shape index (κ1) is 18.4. The van der Waals surface area contributed by atoms with Gasteiger partial charge in [-0.3, -0.25) is 4.57 Å². The zero-order valence-electron chi connectivity index (χ0n) is 16.1. The van der Waals surface area contributed by atoms with Gasteiger partial charge in [-0.15, -0.1) is 11.6 Å². The van der Waals surface area contributed by atoms with Gasteiger partial charge in [0, 0.05) is 28.9 Å². The number of hydrogen-bond acceptors (Lipinski definition) is 4. The third kappa shape index (κ3) is 3.22. The molecule has 5 nitrogen and oxygen atoms in total. The molecular formula is C22H22ClN5. The fraction of sp³-hybridized carbons (Fsp3) is 0.227. The minimum Gasteiger partial charge on any atom is -0.383 e. The maximum Gasteiger partial charge on any atom is 0.165 e. The van der Waals surface area contributed by atoms with Crippen LogP contribution < -0.4 is 5.73 Å². The second kappa shape index (κ2) is 6.91. The molecule has 0 saturated heterocycles.